The van der Waals surface area contributed by atoms with Crippen molar-refractivity contribution in [3.8, 4) is 0 Å². The molecule has 18 unspecified atom stereocenters. The molecule has 5 fully saturated rings. The van der Waals surface area contributed by atoms with Gasteiger partial charge in [-0.05, 0) is 64.7 Å². The summed E-state index contributed by atoms with van der Waals surface area (Å²) in [6.07, 6.45) is -5.37. The van der Waals surface area contributed by atoms with E-state index in [1.165, 1.54) is 14.0 Å². The number of hydrogen-bond donors (Lipinski definition) is 6. The number of aliphatic hydroxyl groups excluding tert-OH is 4. The first-order valence-corrected chi connectivity index (χ1v) is 17.5. The topological polar surface area (TPSA) is 194 Å². The van der Waals surface area contributed by atoms with Crippen LogP contribution in [0.5, 0.6) is 0 Å². The maximum Gasteiger partial charge on any atom is 0.187 e. The van der Waals surface area contributed by atoms with E-state index in [9.17, 15) is 35.4 Å². The normalized spacial score (nSPS) is 55.3. The van der Waals surface area contributed by atoms with E-state index < -0.39 is 101 Å². The van der Waals surface area contributed by atoms with Gasteiger partial charge in [-0.1, -0.05) is 25.5 Å². The molecule has 6 N–H and O–H groups in total. The second-order valence-corrected chi connectivity index (χ2v) is 15.8. The minimum Gasteiger partial charge on any atom is -0.390 e. The Labute approximate surface area is 282 Å². The Bertz CT molecular complexity index is 1250. The Morgan fingerprint density at radius 3 is 2.25 bits per heavy atom. The van der Waals surface area contributed by atoms with Crippen molar-refractivity contribution in [3.63, 3.8) is 0 Å². The van der Waals surface area contributed by atoms with Crippen molar-refractivity contribution in [3.05, 3.63) is 11.6 Å². The number of hydrogen-bond acceptors (Lipinski definition) is 13. The largest absolute Gasteiger partial charge is 0.390 e. The van der Waals surface area contributed by atoms with Crippen molar-refractivity contribution in [1.82, 2.24) is 0 Å². The number of carbonyl (C=O) groups is 1. The van der Waals surface area contributed by atoms with Crippen LogP contribution in [0.15, 0.2) is 11.6 Å². The predicted molar refractivity (Wildman–Crippen MR) is 168 cm³/mol. The molecular formula is C35H56O13. The minimum atomic E-state index is -1.75. The molecule has 13 heteroatoms. The van der Waals surface area contributed by atoms with Crippen LogP contribution in [-0.2, 0) is 33.2 Å². The molecule has 48 heavy (non-hydrogen) atoms. The van der Waals surface area contributed by atoms with Gasteiger partial charge in [0.2, 0.25) is 0 Å². The molecule has 0 bridgehead atoms. The maximum absolute atomic E-state index is 12.6. The predicted octanol–water partition coefficient (Wildman–Crippen LogP) is 0.728. The molecule has 3 saturated carbocycles. The van der Waals surface area contributed by atoms with Gasteiger partial charge in [-0.2, -0.15) is 0 Å². The smallest absolute Gasteiger partial charge is 0.187 e. The van der Waals surface area contributed by atoms with Gasteiger partial charge in [0.1, 0.15) is 41.4 Å². The van der Waals surface area contributed by atoms with E-state index in [4.69, 9.17) is 28.4 Å². The molecule has 0 amide bonds. The van der Waals surface area contributed by atoms with Gasteiger partial charge < -0.3 is 59.1 Å². The highest BCUT2D eigenvalue weighted by molar-refractivity contribution is 5.80. The molecule has 274 valence electrons. The number of aliphatic hydroxyl groups is 6. The fraction of sp³-hybridized carbons (Fsp3) is 0.914. The van der Waals surface area contributed by atoms with Gasteiger partial charge in [0.15, 0.2) is 12.6 Å². The molecular weight excluding hydrogens is 628 g/mol. The highest BCUT2D eigenvalue weighted by Crippen LogP contribution is 2.69. The lowest BCUT2D eigenvalue weighted by atomic mass is 9.42. The van der Waals surface area contributed by atoms with Gasteiger partial charge >= 0.3 is 0 Å². The Morgan fingerprint density at radius 2 is 1.60 bits per heavy atom. The molecule has 0 aromatic rings. The van der Waals surface area contributed by atoms with Crippen LogP contribution in [0.2, 0.25) is 0 Å². The third-order valence-corrected chi connectivity index (χ3v) is 13.5. The van der Waals surface area contributed by atoms with Gasteiger partial charge in [0.05, 0.1) is 36.6 Å². The molecule has 2 heterocycles. The quantitative estimate of drug-likeness (QED) is 0.206. The van der Waals surface area contributed by atoms with Crippen LogP contribution in [0.25, 0.3) is 0 Å². The van der Waals surface area contributed by atoms with Crippen LogP contribution in [0.1, 0.15) is 79.6 Å². The average Bonchev–Trinajstić information content (AvgIpc) is 3.33. The highest BCUT2D eigenvalue weighted by Gasteiger charge is 2.78. The monoisotopic (exact) mass is 684 g/mol. The Kier molecular flexibility index (Phi) is 9.83. The Hall–Kier alpha value is -1.07. The van der Waals surface area contributed by atoms with Gasteiger partial charge in [0, 0.05) is 37.9 Å². The van der Waals surface area contributed by atoms with Crippen molar-refractivity contribution >= 4 is 5.78 Å². The van der Waals surface area contributed by atoms with E-state index in [1.54, 1.807) is 21.0 Å². The summed E-state index contributed by atoms with van der Waals surface area (Å²) in [4.78, 5) is 12.6. The molecule has 0 spiro atoms. The molecule has 4 aliphatic carbocycles. The summed E-state index contributed by atoms with van der Waals surface area (Å²) >= 11 is 0. The lowest BCUT2D eigenvalue weighted by Crippen LogP contribution is -2.79. The molecule has 0 aromatic carbocycles. The van der Waals surface area contributed by atoms with E-state index in [-0.39, 0.29) is 24.7 Å². The van der Waals surface area contributed by atoms with Crippen LogP contribution in [0, 0.1) is 22.7 Å². The molecule has 18 atom stereocenters. The summed E-state index contributed by atoms with van der Waals surface area (Å²) in [5.41, 5.74) is -4.59. The average molecular weight is 685 g/mol. The van der Waals surface area contributed by atoms with Crippen molar-refractivity contribution < 1.29 is 63.9 Å². The number of carbonyl (C=O) groups excluding carboxylic acids is 1. The summed E-state index contributed by atoms with van der Waals surface area (Å²) in [5, 5.41) is 69.1. The molecule has 2 saturated heterocycles. The zero-order valence-electron chi connectivity index (χ0n) is 29.2. The zero-order chi connectivity index (χ0) is 35.1. The number of methoxy groups -OCH3 is 2. The second kappa shape index (κ2) is 12.9. The number of rotatable bonds is 7. The summed E-state index contributed by atoms with van der Waals surface area (Å²) in [7, 11) is 2.99. The van der Waals surface area contributed by atoms with Gasteiger partial charge in [-0.3, -0.25) is 4.79 Å². The standard InChI is InChI=1S/C35H56O13/c1-16(36)21-10-13-35(42)33(21,5)30(40)26(39)29-32(4)11-9-20(14-19(32)8-12-34(29,35)41)47-23-15-22(43-6)27(18(3)45-23)48-31-25(38)28(44-7)24(37)17(2)46-31/h8,17-18,20-31,37-42H,9-15H2,1-7H3. The highest BCUT2D eigenvalue weighted by atomic mass is 16.7. The van der Waals surface area contributed by atoms with Gasteiger partial charge in [0.25, 0.3) is 0 Å². The SMILES string of the molecule is COC1CC(OC2CCC3(C)C(=CCC4(O)C3C(O)C(O)C3(C)C(C(C)=O)CCC43O)C2)OC(C)C1OC1OC(C)C(O)C(OC)C1O. The third kappa shape index (κ3) is 5.22. The molecule has 2 aliphatic heterocycles. The minimum absolute atomic E-state index is 0.0895. The van der Waals surface area contributed by atoms with Crippen molar-refractivity contribution in [1.29, 1.82) is 0 Å². The van der Waals surface area contributed by atoms with Crippen LogP contribution >= 0.6 is 0 Å². The molecule has 0 aromatic heterocycles. The maximum atomic E-state index is 12.6. The van der Waals surface area contributed by atoms with Crippen LogP contribution in [-0.4, -0.2) is 135 Å². The first kappa shape index (κ1) is 36.7. The zero-order valence-corrected chi connectivity index (χ0v) is 29.2. The first-order chi connectivity index (χ1) is 22.5. The van der Waals surface area contributed by atoms with Crippen molar-refractivity contribution in [2.45, 2.75) is 164 Å². The number of ketones is 1. The molecule has 6 aliphatic rings. The molecule has 6 rings (SSSR count). The Morgan fingerprint density at radius 1 is 0.896 bits per heavy atom. The van der Waals surface area contributed by atoms with Gasteiger partial charge in [-0.25, -0.2) is 0 Å². The lowest BCUT2D eigenvalue weighted by molar-refractivity contribution is -0.343. The number of Topliss-reactive ketones (excluding diaryl/α,β-unsaturated/α-hetero) is 1. The van der Waals surface area contributed by atoms with E-state index >= 15 is 0 Å². The number of fused-ring (bicyclic) bond motifs is 5. The molecule has 13 nitrogen and oxygen atoms in total. The molecule has 0 radical (unpaired) electrons. The van der Waals surface area contributed by atoms with E-state index in [0.717, 1.165) is 5.57 Å². The number of ether oxygens (including phenoxy) is 6. The van der Waals surface area contributed by atoms with E-state index in [2.05, 4.69) is 0 Å². The van der Waals surface area contributed by atoms with Crippen molar-refractivity contribution in [2.75, 3.05) is 14.2 Å². The van der Waals surface area contributed by atoms with E-state index in [1.807, 2.05) is 19.9 Å². The lowest BCUT2D eigenvalue weighted by Gasteiger charge is -2.67. The van der Waals surface area contributed by atoms with Crippen molar-refractivity contribution in [2.24, 2.45) is 22.7 Å². The van der Waals surface area contributed by atoms with Crippen LogP contribution in [0.3, 0.4) is 0 Å². The van der Waals surface area contributed by atoms with Crippen LogP contribution in [0.4, 0.5) is 0 Å². The Balaban J connectivity index is 1.15. The fourth-order valence-corrected chi connectivity index (χ4v) is 10.8. The second-order valence-electron chi connectivity index (χ2n) is 15.8. The summed E-state index contributed by atoms with van der Waals surface area (Å²) < 4.78 is 35.9. The first-order valence-electron chi connectivity index (χ1n) is 17.5. The summed E-state index contributed by atoms with van der Waals surface area (Å²) in [5.74, 6) is -1.68. The third-order valence-electron chi connectivity index (χ3n) is 13.5. The fourth-order valence-electron chi connectivity index (χ4n) is 10.8. The summed E-state index contributed by atoms with van der Waals surface area (Å²) in [6.45, 7) is 8.59. The van der Waals surface area contributed by atoms with Gasteiger partial charge in [-0.15, -0.1) is 0 Å². The van der Waals surface area contributed by atoms with Crippen LogP contribution < -0.4 is 0 Å². The summed E-state index contributed by atoms with van der Waals surface area (Å²) in [6, 6.07) is 0. The van der Waals surface area contributed by atoms with E-state index in [0.29, 0.717) is 32.1 Å².